The van der Waals surface area contributed by atoms with Crippen molar-refractivity contribution in [2.75, 3.05) is 6.61 Å². The number of hydrogen-bond donors (Lipinski definition) is 2. The number of hydrogen-bond acceptors (Lipinski definition) is 7. The van der Waals surface area contributed by atoms with Gasteiger partial charge in [-0.15, -0.1) is 0 Å². The Hall–Kier alpha value is -3.58. The second-order valence-corrected chi connectivity index (χ2v) is 9.46. The molecule has 0 saturated carbocycles. The molecule has 37 heavy (non-hydrogen) atoms. The minimum Gasteiger partial charge on any atom is -0.507 e. The molecule has 2 N–H and O–H groups in total. The highest BCUT2D eigenvalue weighted by atomic mass is 16.6. The van der Waals surface area contributed by atoms with Crippen molar-refractivity contribution in [3.63, 3.8) is 0 Å². The summed E-state index contributed by atoms with van der Waals surface area (Å²) in [5.41, 5.74) is 2.50. The molecule has 2 aromatic carbocycles. The van der Waals surface area contributed by atoms with E-state index in [-0.39, 0.29) is 36.2 Å². The van der Waals surface area contributed by atoms with Crippen molar-refractivity contribution in [1.29, 1.82) is 0 Å². The van der Waals surface area contributed by atoms with Crippen LogP contribution in [0.4, 0.5) is 0 Å². The predicted molar refractivity (Wildman–Crippen MR) is 142 cm³/mol. The van der Waals surface area contributed by atoms with Crippen LogP contribution in [0.15, 0.2) is 65.9 Å². The average molecular weight is 506 g/mol. The number of phenols is 2. The SMILES string of the molecule is C[C@@H]1C/C=C/CC/C=C/C(=N/OCc2ccccc2)Cc2c(c(O)cc(O)c2C2CCCCO2)C(=O)O1. The lowest BCUT2D eigenvalue weighted by atomic mass is 9.88. The van der Waals surface area contributed by atoms with E-state index in [1.54, 1.807) is 0 Å². The van der Waals surface area contributed by atoms with Gasteiger partial charge in [0.15, 0.2) is 0 Å². The first kappa shape index (κ1) is 26.5. The van der Waals surface area contributed by atoms with Crippen molar-refractivity contribution in [2.45, 2.75) is 70.7 Å². The molecule has 4 rings (SSSR count). The van der Waals surface area contributed by atoms with Crippen molar-refractivity contribution in [1.82, 2.24) is 0 Å². The van der Waals surface area contributed by atoms with Gasteiger partial charge in [-0.05, 0) is 56.2 Å². The van der Waals surface area contributed by atoms with Crippen molar-refractivity contribution in [3.8, 4) is 11.5 Å². The van der Waals surface area contributed by atoms with Crippen LogP contribution >= 0.6 is 0 Å². The lowest BCUT2D eigenvalue weighted by Crippen LogP contribution is -2.21. The summed E-state index contributed by atoms with van der Waals surface area (Å²) in [5, 5.41) is 26.1. The van der Waals surface area contributed by atoms with E-state index < -0.39 is 12.1 Å². The van der Waals surface area contributed by atoms with Gasteiger partial charge in [-0.2, -0.15) is 0 Å². The average Bonchev–Trinajstić information content (AvgIpc) is 2.88. The molecule has 0 spiro atoms. The van der Waals surface area contributed by atoms with E-state index in [9.17, 15) is 15.0 Å². The van der Waals surface area contributed by atoms with Gasteiger partial charge in [-0.25, -0.2) is 4.79 Å². The minimum absolute atomic E-state index is 0.0269. The zero-order valence-electron chi connectivity index (χ0n) is 21.3. The lowest BCUT2D eigenvalue weighted by Gasteiger charge is -2.27. The van der Waals surface area contributed by atoms with Crippen molar-refractivity contribution in [2.24, 2.45) is 5.16 Å². The first-order valence-corrected chi connectivity index (χ1v) is 13.0. The van der Waals surface area contributed by atoms with Crippen molar-refractivity contribution in [3.05, 3.63) is 83.0 Å². The molecule has 1 fully saturated rings. The maximum atomic E-state index is 13.3. The third-order valence-corrected chi connectivity index (χ3v) is 6.51. The summed E-state index contributed by atoms with van der Waals surface area (Å²) >= 11 is 0. The van der Waals surface area contributed by atoms with Crippen LogP contribution in [0.2, 0.25) is 0 Å². The molecule has 196 valence electrons. The molecule has 2 aliphatic rings. The van der Waals surface area contributed by atoms with Crippen LogP contribution in [0, 0.1) is 0 Å². The second kappa shape index (κ2) is 13.1. The van der Waals surface area contributed by atoms with E-state index in [2.05, 4.69) is 11.2 Å². The molecule has 2 aliphatic heterocycles. The van der Waals surface area contributed by atoms with Crippen LogP contribution in [0.25, 0.3) is 0 Å². The molecule has 1 saturated heterocycles. The molecule has 1 unspecified atom stereocenters. The predicted octanol–water partition coefficient (Wildman–Crippen LogP) is 6.30. The number of allylic oxidation sites excluding steroid dienone is 3. The standard InChI is InChI=1S/C30H35NO6/c1-21-12-6-3-2-4-9-15-23(31-36-20-22-13-7-5-8-14-22)18-24-28(27-16-10-11-17-35-27)25(32)19-26(33)29(24)30(34)37-21/h3,5-9,13-15,19,21,27,32-33H,2,4,10-12,16-18,20H2,1H3/b6-3+,15-9+,31-23-/t21-,27?/m1/s1. The Balaban J connectivity index is 1.76. The number of benzene rings is 2. The Morgan fingerprint density at radius 2 is 1.86 bits per heavy atom. The normalized spacial score (nSPS) is 23.9. The summed E-state index contributed by atoms with van der Waals surface area (Å²) in [4.78, 5) is 19.0. The molecule has 0 amide bonds. The molecule has 7 heteroatoms. The fourth-order valence-corrected chi connectivity index (χ4v) is 4.64. The zero-order chi connectivity index (χ0) is 26.0. The molecule has 0 aliphatic carbocycles. The summed E-state index contributed by atoms with van der Waals surface area (Å²) in [7, 11) is 0. The number of nitrogens with zero attached hydrogens (tertiary/aromatic N) is 1. The molecule has 0 bridgehead atoms. The van der Waals surface area contributed by atoms with Crippen molar-refractivity contribution >= 4 is 11.7 Å². The Morgan fingerprint density at radius 3 is 2.65 bits per heavy atom. The zero-order valence-corrected chi connectivity index (χ0v) is 21.3. The smallest absolute Gasteiger partial charge is 0.342 e. The van der Waals surface area contributed by atoms with Crippen LogP contribution in [-0.4, -0.2) is 34.6 Å². The number of carbonyl (C=O) groups excluding carboxylic acids is 1. The number of fused-ring (bicyclic) bond motifs is 1. The van der Waals surface area contributed by atoms with Gasteiger partial charge in [0.05, 0.1) is 11.8 Å². The van der Waals surface area contributed by atoms with E-state index in [1.165, 1.54) is 6.07 Å². The third-order valence-electron chi connectivity index (χ3n) is 6.51. The van der Waals surface area contributed by atoms with Gasteiger partial charge in [0.1, 0.15) is 29.8 Å². The summed E-state index contributed by atoms with van der Waals surface area (Å²) in [6.07, 6.45) is 12.1. The number of cyclic esters (lactones) is 1. The first-order chi connectivity index (χ1) is 18.0. The van der Waals surface area contributed by atoms with E-state index in [4.69, 9.17) is 14.3 Å². The summed E-state index contributed by atoms with van der Waals surface area (Å²) in [6, 6.07) is 10.9. The fraction of sp³-hybridized carbons (Fsp3) is 0.400. The maximum absolute atomic E-state index is 13.3. The molecule has 2 heterocycles. The van der Waals surface area contributed by atoms with E-state index in [1.807, 2.05) is 55.5 Å². The van der Waals surface area contributed by atoms with E-state index >= 15 is 0 Å². The molecular weight excluding hydrogens is 470 g/mol. The topological polar surface area (TPSA) is 97.6 Å². The van der Waals surface area contributed by atoms with Gasteiger partial charge in [-0.3, -0.25) is 0 Å². The molecule has 2 aromatic rings. The fourth-order valence-electron chi connectivity index (χ4n) is 4.64. The second-order valence-electron chi connectivity index (χ2n) is 9.46. The van der Waals surface area contributed by atoms with Gasteiger partial charge in [0.25, 0.3) is 0 Å². The van der Waals surface area contributed by atoms with Crippen LogP contribution in [0.3, 0.4) is 0 Å². The van der Waals surface area contributed by atoms with Gasteiger partial charge in [0.2, 0.25) is 0 Å². The molecule has 0 radical (unpaired) electrons. The highest BCUT2D eigenvalue weighted by Gasteiger charge is 2.31. The van der Waals surface area contributed by atoms with Crippen LogP contribution in [0.5, 0.6) is 11.5 Å². The van der Waals surface area contributed by atoms with Crippen LogP contribution in [0.1, 0.15) is 78.6 Å². The molecule has 0 aromatic heterocycles. The Morgan fingerprint density at radius 1 is 1.05 bits per heavy atom. The Labute approximate surface area is 218 Å². The molecule has 7 nitrogen and oxygen atoms in total. The largest absolute Gasteiger partial charge is 0.507 e. The van der Waals surface area contributed by atoms with Gasteiger partial charge < -0.3 is 24.5 Å². The highest BCUT2D eigenvalue weighted by Crippen LogP contribution is 2.41. The van der Waals surface area contributed by atoms with E-state index in [0.717, 1.165) is 31.2 Å². The minimum atomic E-state index is -0.643. The molecule has 2 atom stereocenters. The van der Waals surface area contributed by atoms with Crippen molar-refractivity contribution < 1.29 is 29.3 Å². The Bertz CT molecular complexity index is 1150. The number of carbonyl (C=O) groups is 1. The summed E-state index contributed by atoms with van der Waals surface area (Å²) < 4.78 is 11.7. The first-order valence-electron chi connectivity index (χ1n) is 13.0. The van der Waals surface area contributed by atoms with Crippen LogP contribution < -0.4 is 0 Å². The van der Waals surface area contributed by atoms with Gasteiger partial charge in [0, 0.05) is 31.1 Å². The number of phenolic OH excluding ortho intramolecular Hbond substituents is 2. The molecular formula is C30H35NO6. The summed E-state index contributed by atoms with van der Waals surface area (Å²) in [6.45, 7) is 2.67. The third kappa shape index (κ3) is 7.23. The van der Waals surface area contributed by atoms with Gasteiger partial charge >= 0.3 is 5.97 Å². The Kier molecular flexibility index (Phi) is 9.38. The number of esters is 1. The van der Waals surface area contributed by atoms with E-state index in [0.29, 0.717) is 36.3 Å². The number of ether oxygens (including phenoxy) is 2. The van der Waals surface area contributed by atoms with Gasteiger partial charge in [-0.1, -0.05) is 53.7 Å². The quantitative estimate of drug-likeness (QED) is 0.288. The number of rotatable bonds is 4. The maximum Gasteiger partial charge on any atom is 0.342 e. The number of oxime groups is 1. The monoisotopic (exact) mass is 505 g/mol. The van der Waals surface area contributed by atoms with Crippen LogP contribution in [-0.2, 0) is 27.3 Å². The highest BCUT2D eigenvalue weighted by molar-refractivity contribution is 6.01. The lowest BCUT2D eigenvalue weighted by molar-refractivity contribution is 0.0129. The summed E-state index contributed by atoms with van der Waals surface area (Å²) in [5.74, 6) is -1.09. The number of aromatic hydroxyl groups is 2.